The molecule has 0 radical (unpaired) electrons. The number of aromatic nitrogens is 1. The van der Waals surface area contributed by atoms with Gasteiger partial charge in [0.2, 0.25) is 0 Å². The van der Waals surface area contributed by atoms with E-state index in [9.17, 15) is 0 Å². The number of fused-ring (bicyclic) bond motifs is 1. The Balaban J connectivity index is 2.17. The molecule has 1 aliphatic heterocycles. The van der Waals surface area contributed by atoms with Gasteiger partial charge in [-0.1, -0.05) is 30.4 Å². The van der Waals surface area contributed by atoms with Gasteiger partial charge in [0.15, 0.2) is 0 Å². The van der Waals surface area contributed by atoms with Gasteiger partial charge < -0.3 is 10.6 Å². The van der Waals surface area contributed by atoms with Crippen molar-refractivity contribution in [1.29, 1.82) is 0 Å². The molecule has 0 fully saturated rings. The molecule has 108 valence electrons. The lowest BCUT2D eigenvalue weighted by molar-refractivity contribution is 0.757. The second kappa shape index (κ2) is 5.82. The maximum atomic E-state index is 5.95. The van der Waals surface area contributed by atoms with Gasteiger partial charge in [0.05, 0.1) is 5.56 Å². The summed E-state index contributed by atoms with van der Waals surface area (Å²) < 4.78 is 0. The number of thiocarbonyl (C=S) groups is 1. The fourth-order valence-electron chi connectivity index (χ4n) is 2.96. The lowest BCUT2D eigenvalue weighted by Crippen LogP contribution is -2.24. The molecule has 0 bridgehead atoms. The van der Waals surface area contributed by atoms with Crippen LogP contribution in [0.15, 0.2) is 36.5 Å². The number of rotatable bonds is 2. The van der Waals surface area contributed by atoms with E-state index in [1.165, 1.54) is 17.7 Å². The molecule has 1 aliphatic rings. The third-order valence-electron chi connectivity index (χ3n) is 4.00. The zero-order valence-corrected chi connectivity index (χ0v) is 13.0. The van der Waals surface area contributed by atoms with E-state index >= 15 is 0 Å². The summed E-state index contributed by atoms with van der Waals surface area (Å²) in [6.07, 6.45) is 5.28. The van der Waals surface area contributed by atoms with Gasteiger partial charge in [-0.3, -0.25) is 0 Å². The van der Waals surface area contributed by atoms with E-state index in [0.29, 0.717) is 4.99 Å². The Hall–Kier alpha value is -1.94. The Kier molecular flexibility index (Phi) is 3.88. The van der Waals surface area contributed by atoms with Crippen LogP contribution in [0.4, 0.5) is 11.5 Å². The molecule has 1 aromatic carbocycles. The Morgan fingerprint density at radius 1 is 1.24 bits per heavy atom. The summed E-state index contributed by atoms with van der Waals surface area (Å²) in [6, 6.07) is 10.5. The smallest absolute Gasteiger partial charge is 0.143 e. The first kappa shape index (κ1) is 14.0. The molecular formula is C17H19N3S. The molecule has 0 aliphatic carbocycles. The number of nitrogens with two attached hydrogens (primary N) is 1. The summed E-state index contributed by atoms with van der Waals surface area (Å²) in [5.74, 6) is 0.886. The summed E-state index contributed by atoms with van der Waals surface area (Å²) in [6.45, 7) is 2.98. The first-order valence-electron chi connectivity index (χ1n) is 7.29. The second-order valence-electron chi connectivity index (χ2n) is 5.43. The molecular weight excluding hydrogens is 278 g/mol. The van der Waals surface area contributed by atoms with Crippen LogP contribution in [-0.4, -0.2) is 16.5 Å². The van der Waals surface area contributed by atoms with Gasteiger partial charge in [-0.2, -0.15) is 0 Å². The zero-order chi connectivity index (χ0) is 14.8. The number of pyridine rings is 1. The van der Waals surface area contributed by atoms with Crippen molar-refractivity contribution < 1.29 is 0 Å². The van der Waals surface area contributed by atoms with Gasteiger partial charge in [-0.05, 0) is 49.4 Å². The van der Waals surface area contributed by atoms with Crippen LogP contribution in [0.1, 0.15) is 29.5 Å². The molecule has 3 nitrogen and oxygen atoms in total. The molecule has 21 heavy (non-hydrogen) atoms. The highest BCUT2D eigenvalue weighted by molar-refractivity contribution is 7.80. The van der Waals surface area contributed by atoms with E-state index in [-0.39, 0.29) is 0 Å². The number of benzene rings is 1. The number of hydrogen-bond acceptors (Lipinski definition) is 3. The Morgan fingerprint density at radius 2 is 2.05 bits per heavy atom. The molecule has 0 saturated heterocycles. The van der Waals surface area contributed by atoms with Crippen LogP contribution in [0.3, 0.4) is 0 Å². The highest BCUT2D eigenvalue weighted by Crippen LogP contribution is 2.33. The van der Waals surface area contributed by atoms with Crippen LogP contribution in [0, 0.1) is 6.92 Å². The quantitative estimate of drug-likeness (QED) is 0.862. The van der Waals surface area contributed by atoms with Gasteiger partial charge in [0.1, 0.15) is 10.8 Å². The van der Waals surface area contributed by atoms with Crippen LogP contribution in [0.2, 0.25) is 0 Å². The number of para-hydroxylation sites is 1. The molecule has 0 amide bonds. The minimum atomic E-state index is 0.414. The summed E-state index contributed by atoms with van der Waals surface area (Å²) in [5, 5.41) is 0. The van der Waals surface area contributed by atoms with Crippen molar-refractivity contribution in [2.24, 2.45) is 5.73 Å². The summed E-state index contributed by atoms with van der Waals surface area (Å²) in [5.41, 5.74) is 10.5. The van der Waals surface area contributed by atoms with Crippen molar-refractivity contribution in [1.82, 2.24) is 4.98 Å². The summed E-state index contributed by atoms with van der Waals surface area (Å²) in [7, 11) is 0. The SMILES string of the molecule is Cc1ccnc(N2CCCCc3ccccc32)c1C(N)=S. The third kappa shape index (κ3) is 2.63. The molecule has 1 aromatic heterocycles. The molecule has 2 N–H and O–H groups in total. The van der Waals surface area contributed by atoms with E-state index in [1.807, 2.05) is 19.2 Å². The standard InChI is InChI=1S/C17H19N3S/c1-12-9-10-19-17(15(12)16(18)21)20-11-5-4-7-13-6-2-3-8-14(13)20/h2-3,6,8-10H,4-5,7,11H2,1H3,(H2,18,21). The lowest BCUT2D eigenvalue weighted by atomic mass is 10.1. The first-order chi connectivity index (χ1) is 10.2. The number of anilines is 2. The van der Waals surface area contributed by atoms with E-state index in [2.05, 4.69) is 34.1 Å². The van der Waals surface area contributed by atoms with Crippen LogP contribution in [-0.2, 0) is 6.42 Å². The van der Waals surface area contributed by atoms with E-state index in [4.69, 9.17) is 18.0 Å². The predicted molar refractivity (Wildman–Crippen MR) is 91.2 cm³/mol. The molecule has 0 atom stereocenters. The largest absolute Gasteiger partial charge is 0.389 e. The molecule has 2 heterocycles. The van der Waals surface area contributed by atoms with Crippen molar-refractivity contribution >= 4 is 28.7 Å². The summed E-state index contributed by atoms with van der Waals surface area (Å²) in [4.78, 5) is 7.27. The molecule has 3 rings (SSSR count). The van der Waals surface area contributed by atoms with E-state index in [1.54, 1.807) is 0 Å². The fraction of sp³-hybridized carbons (Fsp3) is 0.294. The highest BCUT2D eigenvalue weighted by atomic mass is 32.1. The highest BCUT2D eigenvalue weighted by Gasteiger charge is 2.21. The molecule has 0 spiro atoms. The number of hydrogen-bond donors (Lipinski definition) is 1. The zero-order valence-electron chi connectivity index (χ0n) is 12.2. The van der Waals surface area contributed by atoms with Gasteiger partial charge in [0.25, 0.3) is 0 Å². The van der Waals surface area contributed by atoms with E-state index in [0.717, 1.165) is 36.3 Å². The van der Waals surface area contributed by atoms with Crippen molar-refractivity contribution in [2.45, 2.75) is 26.2 Å². The second-order valence-corrected chi connectivity index (χ2v) is 5.87. The maximum Gasteiger partial charge on any atom is 0.143 e. The first-order valence-corrected chi connectivity index (χ1v) is 7.70. The van der Waals surface area contributed by atoms with Crippen LogP contribution in [0.5, 0.6) is 0 Å². The fourth-order valence-corrected chi connectivity index (χ4v) is 3.22. The minimum absolute atomic E-state index is 0.414. The average molecular weight is 297 g/mol. The molecule has 0 unspecified atom stereocenters. The number of nitrogens with zero attached hydrogens (tertiary/aromatic N) is 2. The minimum Gasteiger partial charge on any atom is -0.389 e. The van der Waals surface area contributed by atoms with Crippen molar-refractivity contribution in [2.75, 3.05) is 11.4 Å². The lowest BCUT2D eigenvalue weighted by Gasteiger charge is -2.26. The van der Waals surface area contributed by atoms with E-state index < -0.39 is 0 Å². The van der Waals surface area contributed by atoms with Crippen molar-refractivity contribution in [3.05, 3.63) is 53.2 Å². The monoisotopic (exact) mass is 297 g/mol. The Bertz CT molecular complexity index is 681. The van der Waals surface area contributed by atoms with Crippen LogP contribution < -0.4 is 10.6 Å². The molecule has 4 heteroatoms. The number of aryl methyl sites for hydroxylation is 2. The van der Waals surface area contributed by atoms with Gasteiger partial charge >= 0.3 is 0 Å². The van der Waals surface area contributed by atoms with Crippen molar-refractivity contribution in [3.63, 3.8) is 0 Å². The normalized spacial score (nSPS) is 14.4. The predicted octanol–water partition coefficient (Wildman–Crippen LogP) is 3.50. The van der Waals surface area contributed by atoms with Crippen LogP contribution >= 0.6 is 12.2 Å². The molecule has 2 aromatic rings. The Morgan fingerprint density at radius 3 is 2.86 bits per heavy atom. The van der Waals surface area contributed by atoms with Gasteiger partial charge in [0, 0.05) is 18.4 Å². The van der Waals surface area contributed by atoms with Gasteiger partial charge in [-0.15, -0.1) is 0 Å². The molecule has 0 saturated carbocycles. The van der Waals surface area contributed by atoms with Crippen LogP contribution in [0.25, 0.3) is 0 Å². The topological polar surface area (TPSA) is 42.2 Å². The van der Waals surface area contributed by atoms with Crippen molar-refractivity contribution in [3.8, 4) is 0 Å². The third-order valence-corrected chi connectivity index (χ3v) is 4.21. The average Bonchev–Trinajstić information content (AvgIpc) is 2.68. The van der Waals surface area contributed by atoms with Gasteiger partial charge in [-0.25, -0.2) is 4.98 Å². The maximum absolute atomic E-state index is 5.95. The summed E-state index contributed by atoms with van der Waals surface area (Å²) >= 11 is 5.25. The Labute approximate surface area is 130 Å².